The molecule has 1 fully saturated rings. The van der Waals surface area contributed by atoms with Gasteiger partial charge >= 0.3 is 0 Å². The Balaban J connectivity index is 2.21. The van der Waals surface area contributed by atoms with Crippen molar-refractivity contribution in [2.75, 3.05) is 13.6 Å². The Kier molecular flexibility index (Phi) is 2.85. The zero-order valence-electron chi connectivity index (χ0n) is 11.0. The molecule has 2 heteroatoms. The summed E-state index contributed by atoms with van der Waals surface area (Å²) in [6, 6.07) is 23.2. The average molecular weight is 248 g/mol. The van der Waals surface area contributed by atoms with Crippen LogP contribution in [0.15, 0.2) is 60.7 Å². The second-order valence-corrected chi connectivity index (χ2v) is 5.06. The maximum Gasteiger partial charge on any atom is 0.0886 e. The Labute approximate surface area is 113 Å². The van der Waals surface area contributed by atoms with Gasteiger partial charge in [0.2, 0.25) is 0 Å². The first-order chi connectivity index (χ1) is 9.30. The Bertz CT molecular complexity index is 559. The number of hydrogen-bond acceptors (Lipinski definition) is 2. The maximum absolute atomic E-state index is 9.49. The molecule has 0 aliphatic carbocycles. The topological polar surface area (TPSA) is 27.0 Å². The fourth-order valence-electron chi connectivity index (χ4n) is 3.23. The molecule has 1 aliphatic rings. The normalized spacial score (nSPS) is 21.4. The lowest BCUT2D eigenvalue weighted by Crippen LogP contribution is -2.63. The van der Waals surface area contributed by atoms with Crippen LogP contribution >= 0.6 is 0 Å². The molecule has 1 aliphatic heterocycles. The van der Waals surface area contributed by atoms with Crippen LogP contribution in [0.1, 0.15) is 11.1 Å². The molecule has 0 N–H and O–H groups in total. The summed E-state index contributed by atoms with van der Waals surface area (Å²) in [7, 11) is 2.09. The van der Waals surface area contributed by atoms with E-state index in [4.69, 9.17) is 0 Å². The van der Waals surface area contributed by atoms with E-state index in [0.717, 1.165) is 6.54 Å². The van der Waals surface area contributed by atoms with Crippen LogP contribution in [0, 0.1) is 17.2 Å². The Morgan fingerprint density at radius 3 is 1.84 bits per heavy atom. The van der Waals surface area contributed by atoms with Crippen LogP contribution in [-0.4, -0.2) is 18.5 Å². The minimum Gasteiger partial charge on any atom is -0.290 e. The van der Waals surface area contributed by atoms with Crippen molar-refractivity contribution in [3.8, 4) is 6.07 Å². The van der Waals surface area contributed by atoms with E-state index in [1.54, 1.807) is 0 Å². The molecule has 1 unspecified atom stereocenters. The largest absolute Gasteiger partial charge is 0.290 e. The molecular weight excluding hydrogens is 232 g/mol. The summed E-state index contributed by atoms with van der Waals surface area (Å²) in [4.78, 5) is 2.27. The quantitative estimate of drug-likeness (QED) is 0.817. The third kappa shape index (κ3) is 1.59. The first-order valence-corrected chi connectivity index (χ1v) is 6.52. The summed E-state index contributed by atoms with van der Waals surface area (Å²) in [5.41, 5.74) is 2.10. The maximum atomic E-state index is 9.49. The fourth-order valence-corrected chi connectivity index (χ4v) is 3.23. The zero-order valence-corrected chi connectivity index (χ0v) is 11.0. The van der Waals surface area contributed by atoms with Crippen molar-refractivity contribution in [2.24, 2.45) is 5.92 Å². The van der Waals surface area contributed by atoms with Crippen LogP contribution in [0.25, 0.3) is 0 Å². The van der Waals surface area contributed by atoms with E-state index in [0.29, 0.717) is 0 Å². The second-order valence-electron chi connectivity index (χ2n) is 5.06. The zero-order chi connectivity index (χ0) is 13.3. The highest BCUT2D eigenvalue weighted by Gasteiger charge is 2.54. The van der Waals surface area contributed by atoms with Gasteiger partial charge in [0.05, 0.1) is 17.5 Å². The lowest BCUT2D eigenvalue weighted by molar-refractivity contribution is -0.00339. The Morgan fingerprint density at radius 2 is 1.47 bits per heavy atom. The predicted molar refractivity (Wildman–Crippen MR) is 75.4 cm³/mol. The van der Waals surface area contributed by atoms with Crippen LogP contribution < -0.4 is 0 Å². The molecule has 0 amide bonds. The smallest absolute Gasteiger partial charge is 0.0886 e. The van der Waals surface area contributed by atoms with Crippen molar-refractivity contribution in [3.05, 3.63) is 71.8 Å². The summed E-state index contributed by atoms with van der Waals surface area (Å²) >= 11 is 0. The van der Waals surface area contributed by atoms with Gasteiger partial charge in [0.1, 0.15) is 0 Å². The molecule has 2 nitrogen and oxygen atoms in total. The Hall–Kier alpha value is -2.11. The van der Waals surface area contributed by atoms with Gasteiger partial charge in [-0.25, -0.2) is 0 Å². The van der Waals surface area contributed by atoms with E-state index in [1.807, 2.05) is 36.4 Å². The predicted octanol–water partition coefficient (Wildman–Crippen LogP) is 3.02. The van der Waals surface area contributed by atoms with Gasteiger partial charge in [0.15, 0.2) is 0 Å². The molecule has 1 atom stereocenters. The van der Waals surface area contributed by atoms with Crippen LogP contribution in [0.2, 0.25) is 0 Å². The Morgan fingerprint density at radius 1 is 1.00 bits per heavy atom. The van der Waals surface area contributed by atoms with Crippen molar-refractivity contribution in [1.82, 2.24) is 4.90 Å². The number of likely N-dealkylation sites (tertiary alicyclic amines) is 1. The third-order valence-corrected chi connectivity index (χ3v) is 4.15. The minimum absolute atomic E-state index is 0.00213. The molecule has 1 heterocycles. The second kappa shape index (κ2) is 4.53. The van der Waals surface area contributed by atoms with Crippen molar-refractivity contribution >= 4 is 0 Å². The van der Waals surface area contributed by atoms with Crippen molar-refractivity contribution in [3.63, 3.8) is 0 Å². The molecule has 0 saturated carbocycles. The molecular formula is C17H16N2. The fraction of sp³-hybridized carbons (Fsp3) is 0.235. The van der Waals surface area contributed by atoms with E-state index in [-0.39, 0.29) is 11.5 Å². The van der Waals surface area contributed by atoms with E-state index < -0.39 is 0 Å². The lowest BCUT2D eigenvalue weighted by Gasteiger charge is -2.55. The van der Waals surface area contributed by atoms with Crippen molar-refractivity contribution in [2.45, 2.75) is 5.54 Å². The van der Waals surface area contributed by atoms with Gasteiger partial charge < -0.3 is 0 Å². The summed E-state index contributed by atoms with van der Waals surface area (Å²) in [6.45, 7) is 0.820. The van der Waals surface area contributed by atoms with Crippen LogP contribution in [0.4, 0.5) is 0 Å². The van der Waals surface area contributed by atoms with Gasteiger partial charge in [-0.2, -0.15) is 5.26 Å². The molecule has 0 spiro atoms. The van der Waals surface area contributed by atoms with Crippen LogP contribution in [0.3, 0.4) is 0 Å². The van der Waals surface area contributed by atoms with Gasteiger partial charge in [-0.1, -0.05) is 60.7 Å². The van der Waals surface area contributed by atoms with E-state index in [1.165, 1.54) is 11.1 Å². The first kappa shape index (κ1) is 12.0. The number of rotatable bonds is 2. The molecule has 0 aromatic heterocycles. The highest BCUT2D eigenvalue weighted by Crippen LogP contribution is 2.48. The van der Waals surface area contributed by atoms with Gasteiger partial charge in [-0.15, -0.1) is 0 Å². The van der Waals surface area contributed by atoms with Crippen LogP contribution in [0.5, 0.6) is 0 Å². The SMILES string of the molecule is CN1CC(C#N)C1(c1ccccc1)c1ccccc1. The first-order valence-electron chi connectivity index (χ1n) is 6.52. The van der Waals surface area contributed by atoms with Gasteiger partial charge in [0.25, 0.3) is 0 Å². The lowest BCUT2D eigenvalue weighted by atomic mass is 9.66. The summed E-state index contributed by atoms with van der Waals surface area (Å²) < 4.78 is 0. The molecule has 0 radical (unpaired) electrons. The van der Waals surface area contributed by atoms with Gasteiger partial charge in [-0.3, -0.25) is 4.90 Å². The van der Waals surface area contributed by atoms with Crippen molar-refractivity contribution in [1.29, 1.82) is 5.26 Å². The summed E-state index contributed by atoms with van der Waals surface area (Å²) in [5.74, 6) is 0.00213. The minimum atomic E-state index is -0.294. The van der Waals surface area contributed by atoms with E-state index in [2.05, 4.69) is 42.3 Å². The molecule has 2 aromatic rings. The molecule has 94 valence electrons. The standard InChI is InChI=1S/C17H16N2/c1-19-13-16(12-18)17(19,14-8-4-2-5-9-14)15-10-6-3-7-11-15/h2-11,16H,13H2,1H3. The molecule has 2 aromatic carbocycles. The van der Waals surface area contributed by atoms with Crippen LogP contribution in [-0.2, 0) is 5.54 Å². The molecule has 0 bridgehead atoms. The summed E-state index contributed by atoms with van der Waals surface area (Å²) in [6.07, 6.45) is 0. The summed E-state index contributed by atoms with van der Waals surface area (Å²) in [5, 5.41) is 9.49. The molecule has 1 saturated heterocycles. The number of benzene rings is 2. The van der Waals surface area contributed by atoms with Gasteiger partial charge in [0, 0.05) is 6.54 Å². The van der Waals surface area contributed by atoms with E-state index >= 15 is 0 Å². The van der Waals surface area contributed by atoms with Gasteiger partial charge in [-0.05, 0) is 18.2 Å². The monoisotopic (exact) mass is 248 g/mol. The molecule has 19 heavy (non-hydrogen) atoms. The number of hydrogen-bond donors (Lipinski definition) is 0. The van der Waals surface area contributed by atoms with Crippen molar-refractivity contribution < 1.29 is 0 Å². The van der Waals surface area contributed by atoms with E-state index in [9.17, 15) is 5.26 Å². The highest BCUT2D eigenvalue weighted by molar-refractivity contribution is 5.44. The highest BCUT2D eigenvalue weighted by atomic mass is 15.3. The third-order valence-electron chi connectivity index (χ3n) is 4.15. The average Bonchev–Trinajstić information content (AvgIpc) is 2.47. The number of nitriles is 1. The number of nitrogens with zero attached hydrogens (tertiary/aromatic N) is 2. The molecule has 3 rings (SSSR count).